The molecule has 162 valence electrons. The van der Waals surface area contributed by atoms with E-state index in [4.69, 9.17) is 9.40 Å². The van der Waals surface area contributed by atoms with E-state index in [9.17, 15) is 0 Å². The molecule has 0 aliphatic heterocycles. The second-order valence-corrected chi connectivity index (χ2v) is 9.62. The average Bonchev–Trinajstić information content (AvgIpc) is 3.36. The highest BCUT2D eigenvalue weighted by atomic mass is 16.3. The molecule has 4 aromatic carbocycles. The lowest BCUT2D eigenvalue weighted by Gasteiger charge is -2.22. The molecule has 0 atom stereocenters. The molecule has 2 aromatic heterocycles. The molecular formula is C32H23NO. The van der Waals surface area contributed by atoms with Crippen LogP contribution in [0.1, 0.15) is 25.0 Å². The summed E-state index contributed by atoms with van der Waals surface area (Å²) >= 11 is 0. The first-order valence-corrected chi connectivity index (χ1v) is 11.7. The summed E-state index contributed by atoms with van der Waals surface area (Å²) in [6.45, 7) is 4.66. The number of fused-ring (bicyclic) bond motifs is 6. The predicted octanol–water partition coefficient (Wildman–Crippen LogP) is 8.62. The van der Waals surface area contributed by atoms with Crippen molar-refractivity contribution in [3.05, 3.63) is 114 Å². The summed E-state index contributed by atoms with van der Waals surface area (Å²) in [4.78, 5) is 4.69. The van der Waals surface area contributed by atoms with Gasteiger partial charge in [0.1, 0.15) is 11.2 Å². The lowest BCUT2D eigenvalue weighted by Crippen LogP contribution is -2.14. The van der Waals surface area contributed by atoms with Gasteiger partial charge in [0.2, 0.25) is 0 Å². The van der Waals surface area contributed by atoms with Gasteiger partial charge in [0.05, 0.1) is 5.69 Å². The second kappa shape index (κ2) is 6.91. The lowest BCUT2D eigenvalue weighted by atomic mass is 9.81. The molecule has 6 aromatic rings. The molecule has 2 heterocycles. The van der Waals surface area contributed by atoms with Crippen molar-refractivity contribution in [1.29, 1.82) is 0 Å². The Morgan fingerprint density at radius 2 is 1.41 bits per heavy atom. The third-order valence-corrected chi connectivity index (χ3v) is 7.33. The maximum Gasteiger partial charge on any atom is 0.143 e. The SMILES string of the molecule is CC1(C)c2ccccc2-c2c1cc1c(oc3ccccc31)c2-c1ccnc(-c2ccccc2)c1. The Kier molecular flexibility index (Phi) is 3.93. The molecule has 2 nitrogen and oxygen atoms in total. The number of nitrogens with zero attached hydrogens (tertiary/aromatic N) is 1. The number of hydrogen-bond acceptors (Lipinski definition) is 2. The predicted molar refractivity (Wildman–Crippen MR) is 140 cm³/mol. The maximum atomic E-state index is 6.57. The average molecular weight is 438 g/mol. The number of rotatable bonds is 2. The molecule has 0 saturated carbocycles. The van der Waals surface area contributed by atoms with Crippen LogP contribution in [0.3, 0.4) is 0 Å². The van der Waals surface area contributed by atoms with Gasteiger partial charge >= 0.3 is 0 Å². The number of aromatic nitrogens is 1. The zero-order chi connectivity index (χ0) is 22.9. The summed E-state index contributed by atoms with van der Waals surface area (Å²) < 4.78 is 6.57. The molecule has 0 fully saturated rings. The minimum atomic E-state index is -0.0947. The highest BCUT2D eigenvalue weighted by Crippen LogP contribution is 2.55. The highest BCUT2D eigenvalue weighted by molar-refractivity contribution is 6.14. The van der Waals surface area contributed by atoms with Gasteiger partial charge in [0.15, 0.2) is 0 Å². The van der Waals surface area contributed by atoms with Crippen molar-refractivity contribution in [2.75, 3.05) is 0 Å². The summed E-state index contributed by atoms with van der Waals surface area (Å²) in [5.41, 5.74) is 11.4. The molecule has 0 saturated heterocycles. The molecular weight excluding hydrogens is 414 g/mol. The summed E-state index contributed by atoms with van der Waals surface area (Å²) in [7, 11) is 0. The van der Waals surface area contributed by atoms with E-state index in [0.29, 0.717) is 0 Å². The monoisotopic (exact) mass is 437 g/mol. The van der Waals surface area contributed by atoms with E-state index in [1.54, 1.807) is 0 Å². The van der Waals surface area contributed by atoms with Gasteiger partial charge in [-0.1, -0.05) is 86.6 Å². The van der Waals surface area contributed by atoms with Gasteiger partial charge in [-0.25, -0.2) is 0 Å². The Morgan fingerprint density at radius 1 is 0.647 bits per heavy atom. The van der Waals surface area contributed by atoms with Crippen molar-refractivity contribution in [1.82, 2.24) is 4.98 Å². The first-order chi connectivity index (χ1) is 16.6. The summed E-state index contributed by atoms with van der Waals surface area (Å²) in [6.07, 6.45) is 1.91. The molecule has 34 heavy (non-hydrogen) atoms. The van der Waals surface area contributed by atoms with Gasteiger partial charge in [-0.15, -0.1) is 0 Å². The Morgan fingerprint density at radius 3 is 2.29 bits per heavy atom. The van der Waals surface area contributed by atoms with E-state index in [1.165, 1.54) is 27.6 Å². The van der Waals surface area contributed by atoms with Gasteiger partial charge in [0.25, 0.3) is 0 Å². The van der Waals surface area contributed by atoms with Crippen molar-refractivity contribution in [2.45, 2.75) is 19.3 Å². The zero-order valence-corrected chi connectivity index (χ0v) is 19.2. The van der Waals surface area contributed by atoms with Gasteiger partial charge < -0.3 is 4.42 Å². The van der Waals surface area contributed by atoms with Crippen LogP contribution in [0.5, 0.6) is 0 Å². The fourth-order valence-electron chi connectivity index (χ4n) is 5.65. The van der Waals surface area contributed by atoms with E-state index >= 15 is 0 Å². The summed E-state index contributed by atoms with van der Waals surface area (Å²) in [5.74, 6) is 0. The number of pyridine rings is 1. The van der Waals surface area contributed by atoms with Crippen molar-refractivity contribution in [3.63, 3.8) is 0 Å². The first-order valence-electron chi connectivity index (χ1n) is 11.7. The molecule has 0 N–H and O–H groups in total. The van der Waals surface area contributed by atoms with Crippen LogP contribution in [-0.2, 0) is 5.41 Å². The second-order valence-electron chi connectivity index (χ2n) is 9.62. The number of para-hydroxylation sites is 1. The summed E-state index contributed by atoms with van der Waals surface area (Å²) in [6, 6.07) is 34.2. The standard InChI is InChI=1S/C32H23NO/c1-32(2)25-14-8-6-13-23(25)30-26(32)19-24-22-12-7-9-15-28(22)34-31(24)29(30)21-16-17-33-27(18-21)20-10-4-3-5-11-20/h3-19H,1-2H3. The third-order valence-electron chi connectivity index (χ3n) is 7.33. The molecule has 0 bridgehead atoms. The van der Waals surface area contributed by atoms with Crippen LogP contribution in [0.4, 0.5) is 0 Å². The molecule has 0 spiro atoms. The first kappa shape index (κ1) is 19.3. The molecule has 1 aliphatic rings. The Hall–Kier alpha value is -4.17. The normalized spacial score (nSPS) is 13.8. The maximum absolute atomic E-state index is 6.57. The number of furan rings is 1. The van der Waals surface area contributed by atoms with Gasteiger partial charge in [0, 0.05) is 33.5 Å². The Labute approximate surface area is 198 Å². The minimum absolute atomic E-state index is 0.0947. The van der Waals surface area contributed by atoms with Crippen LogP contribution < -0.4 is 0 Å². The Balaban J connectivity index is 1.63. The minimum Gasteiger partial charge on any atom is -0.455 e. The quantitative estimate of drug-likeness (QED) is 0.271. The molecule has 0 amide bonds. The lowest BCUT2D eigenvalue weighted by molar-refractivity contribution is 0.658. The smallest absolute Gasteiger partial charge is 0.143 e. The Bertz CT molecular complexity index is 1720. The molecule has 0 radical (unpaired) electrons. The zero-order valence-electron chi connectivity index (χ0n) is 19.2. The molecule has 0 unspecified atom stereocenters. The highest BCUT2D eigenvalue weighted by Gasteiger charge is 2.38. The van der Waals surface area contributed by atoms with Crippen LogP contribution >= 0.6 is 0 Å². The van der Waals surface area contributed by atoms with E-state index in [2.05, 4.69) is 98.8 Å². The van der Waals surface area contributed by atoms with Crippen molar-refractivity contribution < 1.29 is 4.42 Å². The van der Waals surface area contributed by atoms with Gasteiger partial charge in [-0.05, 0) is 52.1 Å². The summed E-state index contributed by atoms with van der Waals surface area (Å²) in [5, 5.41) is 2.33. The fraction of sp³-hybridized carbons (Fsp3) is 0.0938. The topological polar surface area (TPSA) is 26.0 Å². The van der Waals surface area contributed by atoms with Crippen LogP contribution in [0, 0.1) is 0 Å². The van der Waals surface area contributed by atoms with Gasteiger partial charge in [-0.3, -0.25) is 4.98 Å². The van der Waals surface area contributed by atoms with Gasteiger partial charge in [-0.2, -0.15) is 0 Å². The van der Waals surface area contributed by atoms with E-state index in [0.717, 1.165) is 38.9 Å². The van der Waals surface area contributed by atoms with E-state index < -0.39 is 0 Å². The number of hydrogen-bond donors (Lipinski definition) is 0. The number of benzene rings is 4. The van der Waals surface area contributed by atoms with Crippen LogP contribution in [0.25, 0.3) is 55.4 Å². The van der Waals surface area contributed by atoms with E-state index in [1.807, 2.05) is 18.3 Å². The third kappa shape index (κ3) is 2.60. The molecule has 2 heteroatoms. The van der Waals surface area contributed by atoms with Crippen LogP contribution in [0.2, 0.25) is 0 Å². The molecule has 1 aliphatic carbocycles. The molecule has 7 rings (SSSR count). The van der Waals surface area contributed by atoms with Crippen LogP contribution in [-0.4, -0.2) is 4.98 Å². The van der Waals surface area contributed by atoms with Crippen molar-refractivity contribution >= 4 is 21.9 Å². The van der Waals surface area contributed by atoms with Crippen molar-refractivity contribution in [3.8, 4) is 33.5 Å². The van der Waals surface area contributed by atoms with E-state index in [-0.39, 0.29) is 5.41 Å². The van der Waals surface area contributed by atoms with Crippen LogP contribution in [0.15, 0.2) is 108 Å². The van der Waals surface area contributed by atoms with Crippen molar-refractivity contribution in [2.24, 2.45) is 0 Å². The fourth-order valence-corrected chi connectivity index (χ4v) is 5.65. The largest absolute Gasteiger partial charge is 0.455 e.